The molecule has 1 aromatic carbocycles. The van der Waals surface area contributed by atoms with Crippen molar-refractivity contribution in [1.29, 1.82) is 5.26 Å². The number of carbonyl (C=O) groups is 2. The van der Waals surface area contributed by atoms with Gasteiger partial charge in [0, 0.05) is 10.4 Å². The molecule has 174 valence electrons. The Morgan fingerprint density at radius 1 is 1.35 bits per heavy atom. The Hall–Kier alpha value is -3.62. The van der Waals surface area contributed by atoms with Gasteiger partial charge in [0.1, 0.15) is 22.4 Å². The molecule has 3 aromatic rings. The van der Waals surface area contributed by atoms with Crippen molar-refractivity contribution in [3.63, 3.8) is 0 Å². The number of nitrogens with two attached hydrogens (primary N) is 1. The molecule has 0 aliphatic heterocycles. The Morgan fingerprint density at radius 3 is 2.88 bits per heavy atom. The van der Waals surface area contributed by atoms with E-state index in [4.69, 9.17) is 10.5 Å². The van der Waals surface area contributed by atoms with Crippen molar-refractivity contribution >= 4 is 39.9 Å². The topological polar surface area (TPSA) is 151 Å². The van der Waals surface area contributed by atoms with Crippen molar-refractivity contribution in [3.05, 3.63) is 56.2 Å². The molecule has 4 N–H and O–H groups in total. The van der Waals surface area contributed by atoms with E-state index >= 15 is 0 Å². The number of thiophene rings is 1. The third-order valence-electron chi connectivity index (χ3n) is 5.36. The van der Waals surface area contributed by atoms with Gasteiger partial charge >= 0.3 is 0 Å². The number of hydrogen-bond donors (Lipinski definition) is 3. The smallest absolute Gasteiger partial charge is 0.270 e. The van der Waals surface area contributed by atoms with Gasteiger partial charge in [0.25, 0.3) is 11.5 Å². The Labute approximate surface area is 203 Å². The first kappa shape index (κ1) is 23.5. The molecular weight excluding hydrogens is 474 g/mol. The van der Waals surface area contributed by atoms with Crippen LogP contribution in [0, 0.1) is 11.3 Å². The van der Waals surface area contributed by atoms with Gasteiger partial charge in [-0.1, -0.05) is 23.9 Å². The van der Waals surface area contributed by atoms with E-state index < -0.39 is 11.5 Å². The number of amides is 2. The van der Waals surface area contributed by atoms with Crippen LogP contribution >= 0.6 is 23.1 Å². The minimum absolute atomic E-state index is 0.0623. The minimum atomic E-state index is -0.597. The lowest BCUT2D eigenvalue weighted by Gasteiger charge is -2.11. The number of aryl methyl sites for hydroxylation is 1. The van der Waals surface area contributed by atoms with Crippen LogP contribution in [0.3, 0.4) is 0 Å². The van der Waals surface area contributed by atoms with Crippen molar-refractivity contribution in [1.82, 2.24) is 9.97 Å². The SMILES string of the molecule is COc1cccc(-c2nc(SCC(=O)Nc3sc4c(c3C(N)=O)CCCC4)[nH]c(=O)c2C#N)c1. The first-order valence-corrected chi connectivity index (χ1v) is 12.3. The predicted molar refractivity (Wildman–Crippen MR) is 130 cm³/mol. The lowest BCUT2D eigenvalue weighted by atomic mass is 9.95. The van der Waals surface area contributed by atoms with Crippen molar-refractivity contribution in [2.75, 3.05) is 18.2 Å². The van der Waals surface area contributed by atoms with Crippen LogP contribution in [-0.2, 0) is 17.6 Å². The highest BCUT2D eigenvalue weighted by Crippen LogP contribution is 2.38. The highest BCUT2D eigenvalue weighted by molar-refractivity contribution is 7.99. The van der Waals surface area contributed by atoms with Gasteiger partial charge < -0.3 is 20.8 Å². The zero-order valence-electron chi connectivity index (χ0n) is 18.3. The molecular formula is C23H21N5O4S2. The third-order valence-corrected chi connectivity index (χ3v) is 7.44. The summed E-state index contributed by atoms with van der Waals surface area (Å²) in [6.07, 6.45) is 3.68. The summed E-state index contributed by atoms with van der Waals surface area (Å²) >= 11 is 2.41. The second-order valence-electron chi connectivity index (χ2n) is 7.55. The van der Waals surface area contributed by atoms with Crippen LogP contribution < -0.4 is 21.3 Å². The Bertz CT molecular complexity index is 1370. The van der Waals surface area contributed by atoms with Crippen molar-refractivity contribution in [2.24, 2.45) is 5.73 Å². The van der Waals surface area contributed by atoms with Crippen LogP contribution in [-0.4, -0.2) is 34.6 Å². The number of carbonyl (C=O) groups excluding carboxylic acids is 2. The van der Waals surface area contributed by atoms with E-state index in [-0.39, 0.29) is 28.1 Å². The molecule has 1 aliphatic carbocycles. The number of aromatic nitrogens is 2. The molecule has 2 amide bonds. The number of methoxy groups -OCH3 is 1. The summed E-state index contributed by atoms with van der Waals surface area (Å²) in [6, 6.07) is 8.75. The number of primary amides is 1. The molecule has 2 heterocycles. The number of fused-ring (bicyclic) bond motifs is 1. The quantitative estimate of drug-likeness (QED) is 0.336. The molecule has 11 heteroatoms. The molecule has 9 nitrogen and oxygen atoms in total. The molecule has 4 rings (SSSR count). The monoisotopic (exact) mass is 495 g/mol. The van der Waals surface area contributed by atoms with Crippen molar-refractivity contribution in [2.45, 2.75) is 30.8 Å². The maximum absolute atomic E-state index is 12.7. The van der Waals surface area contributed by atoms with Crippen LogP contribution in [0.2, 0.25) is 0 Å². The summed E-state index contributed by atoms with van der Waals surface area (Å²) in [5.74, 6) is -0.418. The second kappa shape index (κ2) is 10.1. The van der Waals surface area contributed by atoms with E-state index in [1.807, 2.05) is 6.07 Å². The number of ether oxygens (including phenoxy) is 1. The Balaban J connectivity index is 1.54. The maximum atomic E-state index is 12.7. The zero-order valence-corrected chi connectivity index (χ0v) is 19.9. The number of rotatable bonds is 7. The van der Waals surface area contributed by atoms with Crippen molar-refractivity contribution in [3.8, 4) is 23.1 Å². The van der Waals surface area contributed by atoms with Crippen LogP contribution in [0.5, 0.6) is 5.75 Å². The molecule has 0 radical (unpaired) electrons. The molecule has 0 saturated carbocycles. The average molecular weight is 496 g/mol. The van der Waals surface area contributed by atoms with Gasteiger partial charge in [-0.25, -0.2) is 4.98 Å². The Kier molecular flexibility index (Phi) is 7.00. The summed E-state index contributed by atoms with van der Waals surface area (Å²) in [6.45, 7) is 0. The van der Waals surface area contributed by atoms with E-state index in [0.717, 1.165) is 47.9 Å². The molecule has 0 bridgehead atoms. The number of thioether (sulfide) groups is 1. The van der Waals surface area contributed by atoms with Gasteiger partial charge in [-0.05, 0) is 43.4 Å². The van der Waals surface area contributed by atoms with Crippen LogP contribution in [0.25, 0.3) is 11.3 Å². The number of nitrogens with one attached hydrogen (secondary N) is 2. The predicted octanol–water partition coefficient (Wildman–Crippen LogP) is 3.09. The highest BCUT2D eigenvalue weighted by atomic mass is 32.2. The van der Waals surface area contributed by atoms with Gasteiger partial charge in [-0.2, -0.15) is 5.26 Å². The van der Waals surface area contributed by atoms with Gasteiger partial charge in [0.15, 0.2) is 5.16 Å². The van der Waals surface area contributed by atoms with Gasteiger partial charge in [-0.3, -0.25) is 14.4 Å². The summed E-state index contributed by atoms with van der Waals surface area (Å²) in [7, 11) is 1.52. The largest absolute Gasteiger partial charge is 0.497 e. The number of H-pyrrole nitrogens is 1. The molecule has 0 spiro atoms. The van der Waals surface area contributed by atoms with Gasteiger partial charge in [0.05, 0.1) is 24.1 Å². The zero-order chi connectivity index (χ0) is 24.2. The normalized spacial score (nSPS) is 12.5. The number of benzene rings is 1. The highest BCUT2D eigenvalue weighted by Gasteiger charge is 2.25. The Morgan fingerprint density at radius 2 is 2.15 bits per heavy atom. The molecule has 0 fully saturated rings. The van der Waals surface area contributed by atoms with E-state index in [9.17, 15) is 19.6 Å². The molecule has 0 atom stereocenters. The third kappa shape index (κ3) is 4.83. The fourth-order valence-corrected chi connectivity index (χ4v) is 5.79. The summed E-state index contributed by atoms with van der Waals surface area (Å²) in [5, 5.41) is 12.9. The lowest BCUT2D eigenvalue weighted by molar-refractivity contribution is -0.113. The summed E-state index contributed by atoms with van der Waals surface area (Å²) in [4.78, 5) is 45.2. The average Bonchev–Trinajstić information content (AvgIpc) is 3.20. The number of anilines is 1. The minimum Gasteiger partial charge on any atom is -0.497 e. The van der Waals surface area contributed by atoms with Gasteiger partial charge in [0.2, 0.25) is 5.91 Å². The fraction of sp³-hybridized carbons (Fsp3) is 0.261. The number of aromatic amines is 1. The van der Waals surface area contributed by atoms with Crippen molar-refractivity contribution < 1.29 is 14.3 Å². The van der Waals surface area contributed by atoms with Crippen LogP contribution in [0.1, 0.15) is 39.2 Å². The number of nitriles is 1. The second-order valence-corrected chi connectivity index (χ2v) is 9.62. The summed E-state index contributed by atoms with van der Waals surface area (Å²) < 4.78 is 5.22. The first-order chi connectivity index (χ1) is 16.4. The molecule has 34 heavy (non-hydrogen) atoms. The number of hydrogen-bond acceptors (Lipinski definition) is 8. The maximum Gasteiger partial charge on any atom is 0.270 e. The standard InChI is InChI=1S/C23H21N5O4S2/c1-32-13-6-4-5-12(9-13)19-15(10-24)21(31)28-23(27-19)33-11-17(29)26-22-18(20(25)30)14-7-2-3-8-16(14)34-22/h4-6,9H,2-3,7-8,11H2,1H3,(H2,25,30)(H,26,29)(H,27,28,31). The lowest BCUT2D eigenvalue weighted by Crippen LogP contribution is -2.20. The van der Waals surface area contributed by atoms with E-state index in [0.29, 0.717) is 21.9 Å². The molecule has 1 aliphatic rings. The van der Waals surface area contributed by atoms with E-state index in [1.54, 1.807) is 24.3 Å². The molecule has 0 unspecified atom stereocenters. The fourth-order valence-electron chi connectivity index (χ4n) is 3.82. The van der Waals surface area contributed by atoms with Crippen LogP contribution in [0.15, 0.2) is 34.2 Å². The number of nitrogens with zero attached hydrogens (tertiary/aromatic N) is 2. The molecule has 2 aromatic heterocycles. The van der Waals surface area contributed by atoms with E-state index in [1.165, 1.54) is 18.4 Å². The van der Waals surface area contributed by atoms with Gasteiger partial charge in [-0.15, -0.1) is 11.3 Å². The molecule has 0 saturated heterocycles. The first-order valence-electron chi connectivity index (χ1n) is 10.5. The summed E-state index contributed by atoms with van der Waals surface area (Å²) in [5.41, 5.74) is 6.94. The van der Waals surface area contributed by atoms with E-state index in [2.05, 4.69) is 15.3 Å². The van der Waals surface area contributed by atoms with Crippen LogP contribution in [0.4, 0.5) is 5.00 Å².